The predicted octanol–water partition coefficient (Wildman–Crippen LogP) is 3.02. The maximum atomic E-state index is 10.1. The second kappa shape index (κ2) is 12.8. The van der Waals surface area contributed by atoms with Crippen LogP contribution < -0.4 is 0 Å². The van der Waals surface area contributed by atoms with E-state index < -0.39 is 0 Å². The number of aromatic nitrogens is 1. The molecule has 1 N–H and O–H groups in total. The highest BCUT2D eigenvalue weighted by atomic mass is 35.5. The van der Waals surface area contributed by atoms with Crippen molar-refractivity contribution in [3.8, 4) is 5.75 Å². The lowest BCUT2D eigenvalue weighted by atomic mass is 10.2. The summed E-state index contributed by atoms with van der Waals surface area (Å²) in [7, 11) is 0. The van der Waals surface area contributed by atoms with Crippen LogP contribution in [-0.4, -0.2) is 67.7 Å². The van der Waals surface area contributed by atoms with E-state index in [1.54, 1.807) is 18.2 Å². The van der Waals surface area contributed by atoms with Crippen molar-refractivity contribution in [3.63, 3.8) is 0 Å². The van der Waals surface area contributed by atoms with Gasteiger partial charge in [0, 0.05) is 30.2 Å². The van der Waals surface area contributed by atoms with Gasteiger partial charge in [-0.2, -0.15) is 0 Å². The number of halogens is 1. The van der Waals surface area contributed by atoms with Gasteiger partial charge in [0.25, 0.3) is 0 Å². The molecule has 0 aliphatic carbocycles. The van der Waals surface area contributed by atoms with Crippen LogP contribution in [0, 0.1) is 0 Å². The van der Waals surface area contributed by atoms with E-state index >= 15 is 0 Å². The fourth-order valence-corrected chi connectivity index (χ4v) is 3.26. The third kappa shape index (κ3) is 8.18. The van der Waals surface area contributed by atoms with E-state index in [9.17, 15) is 5.11 Å². The van der Waals surface area contributed by atoms with Crippen LogP contribution in [0.5, 0.6) is 5.75 Å². The number of hydrogen-bond acceptors (Lipinski definition) is 7. The monoisotopic (exact) mass is 436 g/mol. The summed E-state index contributed by atoms with van der Waals surface area (Å²) in [6.07, 6.45) is 0. The average Bonchev–Trinajstić information content (AvgIpc) is 2.74. The van der Waals surface area contributed by atoms with Gasteiger partial charge in [0.1, 0.15) is 5.75 Å². The normalized spacial score (nSPS) is 18.4. The Kier molecular flexibility index (Phi) is 9.82. The molecule has 2 bridgehead atoms. The smallest absolute Gasteiger partial charge is 0.120 e. The lowest BCUT2D eigenvalue weighted by Gasteiger charge is -2.23. The van der Waals surface area contributed by atoms with Gasteiger partial charge in [-0.1, -0.05) is 17.7 Å². The number of phenols is 1. The molecule has 1 aromatic heterocycles. The fourth-order valence-electron chi connectivity index (χ4n) is 3.06. The molecule has 0 amide bonds. The standard InChI is InChI=1S/C22H29ClN2O5/c23-19-4-5-22(26)18(14-19)15-25-6-8-27-10-12-29-16-20-2-1-3-21(24-20)17-30-13-11-28-9-7-25/h1-5,14,26H,6-13,15-17H2. The van der Waals surface area contributed by atoms with E-state index in [-0.39, 0.29) is 5.75 Å². The zero-order valence-electron chi connectivity index (χ0n) is 17.1. The van der Waals surface area contributed by atoms with Gasteiger partial charge in [-0.3, -0.25) is 9.88 Å². The zero-order chi connectivity index (χ0) is 21.0. The van der Waals surface area contributed by atoms with Crippen LogP contribution in [-0.2, 0) is 38.7 Å². The summed E-state index contributed by atoms with van der Waals surface area (Å²) < 4.78 is 22.8. The van der Waals surface area contributed by atoms with Crippen molar-refractivity contribution in [1.82, 2.24) is 9.88 Å². The molecule has 0 saturated carbocycles. The van der Waals surface area contributed by atoms with Gasteiger partial charge in [-0.25, -0.2) is 0 Å². The second-order valence-electron chi connectivity index (χ2n) is 7.00. The molecule has 0 radical (unpaired) electrons. The lowest BCUT2D eigenvalue weighted by molar-refractivity contribution is 0.0148. The first-order valence-electron chi connectivity index (χ1n) is 10.2. The fraction of sp³-hybridized carbons (Fsp3) is 0.500. The summed E-state index contributed by atoms with van der Waals surface area (Å²) in [5.41, 5.74) is 2.53. The molecule has 1 aliphatic rings. The highest BCUT2D eigenvalue weighted by molar-refractivity contribution is 6.30. The van der Waals surface area contributed by atoms with Gasteiger partial charge in [0.2, 0.25) is 0 Å². The highest BCUT2D eigenvalue weighted by Crippen LogP contribution is 2.22. The summed E-state index contributed by atoms with van der Waals surface area (Å²) in [5, 5.41) is 10.7. The average molecular weight is 437 g/mol. The van der Waals surface area contributed by atoms with Crippen LogP contribution in [0.1, 0.15) is 17.0 Å². The van der Waals surface area contributed by atoms with Crippen LogP contribution in [0.3, 0.4) is 0 Å². The molecular formula is C22H29ClN2O5. The molecule has 1 aliphatic heterocycles. The van der Waals surface area contributed by atoms with Crippen LogP contribution >= 0.6 is 11.6 Å². The summed E-state index contributed by atoms with van der Waals surface area (Å²) in [6.45, 7) is 5.99. The Morgan fingerprint density at radius 3 is 2.07 bits per heavy atom. The van der Waals surface area contributed by atoms with Gasteiger partial charge in [0.15, 0.2) is 0 Å². The third-order valence-electron chi connectivity index (χ3n) is 4.65. The van der Waals surface area contributed by atoms with Crippen molar-refractivity contribution in [2.45, 2.75) is 19.8 Å². The SMILES string of the molecule is Oc1ccc(Cl)cc1CN1CCOCCOCc2cccc(n2)COCCOCC1. The predicted molar refractivity (Wildman–Crippen MR) is 114 cm³/mol. The first kappa shape index (κ1) is 22.9. The molecule has 30 heavy (non-hydrogen) atoms. The van der Waals surface area contributed by atoms with Crippen molar-refractivity contribution in [2.75, 3.05) is 52.7 Å². The molecule has 164 valence electrons. The van der Waals surface area contributed by atoms with E-state index in [4.69, 9.17) is 30.5 Å². The molecule has 7 nitrogen and oxygen atoms in total. The number of rotatable bonds is 2. The van der Waals surface area contributed by atoms with Gasteiger partial charge in [0.05, 0.1) is 64.2 Å². The summed E-state index contributed by atoms with van der Waals surface area (Å²) >= 11 is 6.08. The maximum absolute atomic E-state index is 10.1. The Bertz CT molecular complexity index is 744. The lowest BCUT2D eigenvalue weighted by Crippen LogP contribution is -2.31. The molecule has 1 aromatic carbocycles. The number of ether oxygens (including phenoxy) is 4. The molecule has 0 spiro atoms. The minimum Gasteiger partial charge on any atom is -0.508 e. The number of benzene rings is 1. The molecule has 0 fully saturated rings. The number of hydrogen-bond donors (Lipinski definition) is 1. The van der Waals surface area contributed by atoms with E-state index in [2.05, 4.69) is 9.88 Å². The summed E-state index contributed by atoms with van der Waals surface area (Å²) in [5.74, 6) is 0.235. The number of phenolic OH excluding ortho intramolecular Hbond substituents is 1. The largest absolute Gasteiger partial charge is 0.508 e. The van der Waals surface area contributed by atoms with E-state index in [1.807, 2.05) is 18.2 Å². The number of nitrogens with zero attached hydrogens (tertiary/aromatic N) is 2. The molecular weight excluding hydrogens is 408 g/mol. The molecule has 2 heterocycles. The van der Waals surface area contributed by atoms with Crippen LogP contribution in [0.15, 0.2) is 36.4 Å². The Hall–Kier alpha value is -1.74. The van der Waals surface area contributed by atoms with Crippen LogP contribution in [0.4, 0.5) is 0 Å². The van der Waals surface area contributed by atoms with Gasteiger partial charge < -0.3 is 24.1 Å². The van der Waals surface area contributed by atoms with E-state index in [0.29, 0.717) is 77.5 Å². The van der Waals surface area contributed by atoms with E-state index in [1.165, 1.54) is 0 Å². The van der Waals surface area contributed by atoms with Crippen LogP contribution in [0.2, 0.25) is 5.02 Å². The molecule has 0 saturated heterocycles. The quantitative estimate of drug-likeness (QED) is 0.775. The van der Waals surface area contributed by atoms with Crippen molar-refractivity contribution >= 4 is 11.6 Å². The molecule has 3 rings (SSSR count). The molecule has 8 heteroatoms. The van der Waals surface area contributed by atoms with Crippen molar-refractivity contribution < 1.29 is 24.1 Å². The minimum absolute atomic E-state index is 0.235. The Morgan fingerprint density at radius 1 is 0.833 bits per heavy atom. The van der Waals surface area contributed by atoms with Gasteiger partial charge in [-0.05, 0) is 30.3 Å². The van der Waals surface area contributed by atoms with Gasteiger partial charge >= 0.3 is 0 Å². The van der Waals surface area contributed by atoms with Crippen molar-refractivity contribution in [2.24, 2.45) is 0 Å². The summed E-state index contributed by atoms with van der Waals surface area (Å²) in [4.78, 5) is 6.70. The third-order valence-corrected chi connectivity index (χ3v) is 4.88. The Balaban J connectivity index is 1.53. The number of fused-ring (bicyclic) bond motifs is 2. The van der Waals surface area contributed by atoms with Gasteiger partial charge in [-0.15, -0.1) is 0 Å². The maximum Gasteiger partial charge on any atom is 0.120 e. The topological polar surface area (TPSA) is 73.3 Å². The first-order chi connectivity index (χ1) is 14.7. The second-order valence-corrected chi connectivity index (χ2v) is 7.44. The van der Waals surface area contributed by atoms with E-state index in [0.717, 1.165) is 17.0 Å². The number of aromatic hydroxyl groups is 1. The number of pyridine rings is 1. The molecule has 2 aromatic rings. The Labute approximate surface area is 182 Å². The van der Waals surface area contributed by atoms with Crippen molar-refractivity contribution in [3.05, 3.63) is 58.4 Å². The minimum atomic E-state index is 0.235. The summed E-state index contributed by atoms with van der Waals surface area (Å²) in [6, 6.07) is 10.9. The first-order valence-corrected chi connectivity index (χ1v) is 10.5. The van der Waals surface area contributed by atoms with Crippen molar-refractivity contribution in [1.29, 1.82) is 0 Å². The zero-order valence-corrected chi connectivity index (χ0v) is 17.9. The Morgan fingerprint density at radius 2 is 1.43 bits per heavy atom. The van der Waals surface area contributed by atoms with Crippen LogP contribution in [0.25, 0.3) is 0 Å². The molecule has 0 atom stereocenters. The highest BCUT2D eigenvalue weighted by Gasteiger charge is 2.10. The molecule has 0 unspecified atom stereocenters.